The van der Waals surface area contributed by atoms with Gasteiger partial charge in [-0.1, -0.05) is 11.6 Å². The van der Waals surface area contributed by atoms with Gasteiger partial charge in [0.2, 0.25) is 5.88 Å². The number of halogens is 4. The third-order valence-electron chi connectivity index (χ3n) is 1.87. The molecule has 0 bridgehead atoms. The topological polar surface area (TPSA) is 22.1 Å². The summed E-state index contributed by atoms with van der Waals surface area (Å²) < 4.78 is 19.8. The fourth-order valence-electron chi connectivity index (χ4n) is 1.14. The van der Waals surface area contributed by atoms with E-state index in [0.29, 0.717) is 25.6 Å². The summed E-state index contributed by atoms with van der Waals surface area (Å²) in [6.45, 7) is 0. The third-order valence-corrected chi connectivity index (χ3v) is 3.30. The van der Waals surface area contributed by atoms with Gasteiger partial charge in [0.15, 0.2) is 0 Å². The molecule has 0 N–H and O–H groups in total. The van der Waals surface area contributed by atoms with Crippen molar-refractivity contribution in [1.82, 2.24) is 4.98 Å². The van der Waals surface area contributed by atoms with Crippen molar-refractivity contribution in [3.63, 3.8) is 0 Å². The maximum absolute atomic E-state index is 13.1. The molecule has 2 aromatic rings. The van der Waals surface area contributed by atoms with Gasteiger partial charge in [0.1, 0.15) is 11.6 Å². The second-order valence-corrected chi connectivity index (χ2v) is 5.26. The number of ether oxygens (including phenoxy) is 1. The Bertz CT molecular complexity index is 565. The Balaban J connectivity index is 2.34. The summed E-state index contributed by atoms with van der Waals surface area (Å²) in [6, 6.07) is 5.82. The molecule has 0 unspecified atom stereocenters. The molecule has 6 heteroatoms. The lowest BCUT2D eigenvalue weighted by Gasteiger charge is -2.08. The number of hydrogen-bond acceptors (Lipinski definition) is 2. The van der Waals surface area contributed by atoms with E-state index in [9.17, 15) is 4.39 Å². The number of pyridine rings is 1. The zero-order valence-corrected chi connectivity index (χ0v) is 12.2. The van der Waals surface area contributed by atoms with Crippen molar-refractivity contribution in [3.05, 3.63) is 50.2 Å². The molecule has 0 amide bonds. The van der Waals surface area contributed by atoms with Crippen LogP contribution in [0.1, 0.15) is 0 Å². The Morgan fingerprint density at radius 1 is 1.18 bits per heavy atom. The minimum absolute atomic E-state index is 0.320. The van der Waals surface area contributed by atoms with Gasteiger partial charge < -0.3 is 4.74 Å². The largest absolute Gasteiger partial charge is 0.437 e. The van der Waals surface area contributed by atoms with E-state index < -0.39 is 0 Å². The van der Waals surface area contributed by atoms with Crippen molar-refractivity contribution >= 4 is 43.5 Å². The van der Waals surface area contributed by atoms with Crippen LogP contribution >= 0.6 is 43.5 Å². The number of benzene rings is 1. The van der Waals surface area contributed by atoms with Gasteiger partial charge in [0.05, 0.1) is 14.0 Å². The van der Waals surface area contributed by atoms with Crippen LogP contribution in [0.25, 0.3) is 0 Å². The Morgan fingerprint density at radius 2 is 1.94 bits per heavy atom. The Kier molecular flexibility index (Phi) is 4.01. The number of nitrogens with zero attached hydrogens (tertiary/aromatic N) is 1. The van der Waals surface area contributed by atoms with Crippen LogP contribution in [0.4, 0.5) is 4.39 Å². The SMILES string of the molecule is Fc1ccc(Br)c(Oc2ncc(Cl)cc2Br)c1. The first-order chi connectivity index (χ1) is 8.06. The second kappa shape index (κ2) is 5.33. The Hall–Kier alpha value is -0.650. The molecular weight excluding hydrogens is 376 g/mol. The van der Waals surface area contributed by atoms with E-state index in [1.807, 2.05) is 0 Å². The summed E-state index contributed by atoms with van der Waals surface area (Å²) >= 11 is 12.3. The van der Waals surface area contributed by atoms with Crippen LogP contribution in [-0.2, 0) is 0 Å². The van der Waals surface area contributed by atoms with E-state index in [2.05, 4.69) is 36.8 Å². The molecule has 0 aliphatic rings. The van der Waals surface area contributed by atoms with Crippen molar-refractivity contribution in [1.29, 1.82) is 0 Å². The van der Waals surface area contributed by atoms with Crippen molar-refractivity contribution < 1.29 is 9.13 Å². The quantitative estimate of drug-likeness (QED) is 0.714. The van der Waals surface area contributed by atoms with Crippen molar-refractivity contribution in [2.75, 3.05) is 0 Å². The zero-order valence-electron chi connectivity index (χ0n) is 8.25. The Labute approximate surface area is 119 Å². The molecule has 1 heterocycles. The second-order valence-electron chi connectivity index (χ2n) is 3.12. The van der Waals surface area contributed by atoms with Gasteiger partial charge in [-0.15, -0.1) is 0 Å². The summed E-state index contributed by atoms with van der Waals surface area (Å²) in [5.74, 6) is 0.287. The maximum Gasteiger partial charge on any atom is 0.233 e. The van der Waals surface area contributed by atoms with Gasteiger partial charge in [-0.25, -0.2) is 9.37 Å². The molecule has 0 radical (unpaired) electrons. The van der Waals surface area contributed by atoms with Crippen molar-refractivity contribution in [2.24, 2.45) is 0 Å². The maximum atomic E-state index is 13.1. The van der Waals surface area contributed by atoms with Crippen LogP contribution in [0.15, 0.2) is 39.4 Å². The predicted octanol–water partition coefficient (Wildman–Crippen LogP) is 5.19. The fraction of sp³-hybridized carbons (Fsp3) is 0. The first-order valence-electron chi connectivity index (χ1n) is 4.50. The number of hydrogen-bond donors (Lipinski definition) is 0. The third kappa shape index (κ3) is 3.18. The number of aromatic nitrogens is 1. The summed E-state index contributed by atoms with van der Waals surface area (Å²) in [7, 11) is 0. The summed E-state index contributed by atoms with van der Waals surface area (Å²) in [6.07, 6.45) is 1.45. The van der Waals surface area contributed by atoms with Gasteiger partial charge in [0.25, 0.3) is 0 Å². The molecule has 1 aromatic carbocycles. The molecule has 2 rings (SSSR count). The standard InChI is InChI=1S/C11H5Br2ClFNO/c12-8-2-1-7(15)4-10(8)17-11-9(13)3-6(14)5-16-11/h1-5H. The van der Waals surface area contributed by atoms with Gasteiger partial charge in [-0.3, -0.25) is 0 Å². The highest BCUT2D eigenvalue weighted by Gasteiger charge is 2.09. The van der Waals surface area contributed by atoms with Crippen LogP contribution in [0.5, 0.6) is 11.6 Å². The molecular formula is C11H5Br2ClFNO. The predicted molar refractivity (Wildman–Crippen MR) is 71.1 cm³/mol. The molecule has 0 atom stereocenters. The minimum Gasteiger partial charge on any atom is -0.437 e. The molecule has 17 heavy (non-hydrogen) atoms. The minimum atomic E-state index is -0.381. The smallest absolute Gasteiger partial charge is 0.233 e. The molecule has 0 spiro atoms. The van der Waals surface area contributed by atoms with Crippen molar-refractivity contribution in [3.8, 4) is 11.6 Å². The average Bonchev–Trinajstić information content (AvgIpc) is 2.27. The fourth-order valence-corrected chi connectivity index (χ4v) is 2.18. The average molecular weight is 381 g/mol. The first-order valence-corrected chi connectivity index (χ1v) is 6.46. The van der Waals surface area contributed by atoms with Crippen LogP contribution < -0.4 is 4.74 Å². The van der Waals surface area contributed by atoms with E-state index in [0.717, 1.165) is 0 Å². The normalized spacial score (nSPS) is 10.4. The highest BCUT2D eigenvalue weighted by Crippen LogP contribution is 2.33. The van der Waals surface area contributed by atoms with Gasteiger partial charge >= 0.3 is 0 Å². The van der Waals surface area contributed by atoms with E-state index in [-0.39, 0.29) is 5.82 Å². The summed E-state index contributed by atoms with van der Waals surface area (Å²) in [4.78, 5) is 4.00. The van der Waals surface area contributed by atoms with Gasteiger partial charge in [0, 0.05) is 12.3 Å². The van der Waals surface area contributed by atoms with Gasteiger partial charge in [-0.2, -0.15) is 0 Å². The van der Waals surface area contributed by atoms with Crippen LogP contribution in [0.2, 0.25) is 5.02 Å². The highest BCUT2D eigenvalue weighted by atomic mass is 79.9. The lowest BCUT2D eigenvalue weighted by atomic mass is 10.3. The summed E-state index contributed by atoms with van der Waals surface area (Å²) in [5, 5.41) is 0.488. The zero-order chi connectivity index (χ0) is 12.4. The van der Waals surface area contributed by atoms with E-state index in [1.54, 1.807) is 12.1 Å². The first kappa shape index (κ1) is 12.8. The monoisotopic (exact) mass is 379 g/mol. The molecule has 0 aliphatic heterocycles. The molecule has 0 saturated carbocycles. The lowest BCUT2D eigenvalue weighted by Crippen LogP contribution is -1.90. The van der Waals surface area contributed by atoms with E-state index in [4.69, 9.17) is 16.3 Å². The number of rotatable bonds is 2. The molecule has 1 aromatic heterocycles. The molecule has 0 saturated heterocycles. The van der Waals surface area contributed by atoms with E-state index in [1.165, 1.54) is 18.3 Å². The van der Waals surface area contributed by atoms with Gasteiger partial charge in [-0.05, 0) is 50.1 Å². The molecule has 0 aliphatic carbocycles. The molecule has 88 valence electrons. The van der Waals surface area contributed by atoms with Crippen LogP contribution in [0.3, 0.4) is 0 Å². The molecule has 2 nitrogen and oxygen atoms in total. The van der Waals surface area contributed by atoms with Crippen molar-refractivity contribution in [2.45, 2.75) is 0 Å². The summed E-state index contributed by atoms with van der Waals surface area (Å²) in [5.41, 5.74) is 0. The lowest BCUT2D eigenvalue weighted by molar-refractivity contribution is 0.452. The van der Waals surface area contributed by atoms with Crippen LogP contribution in [-0.4, -0.2) is 4.98 Å². The highest BCUT2D eigenvalue weighted by molar-refractivity contribution is 9.11. The Morgan fingerprint density at radius 3 is 2.65 bits per heavy atom. The van der Waals surface area contributed by atoms with E-state index >= 15 is 0 Å². The molecule has 0 fully saturated rings. The van der Waals surface area contributed by atoms with Crippen LogP contribution in [0, 0.1) is 5.82 Å².